The van der Waals surface area contributed by atoms with E-state index in [9.17, 15) is 18.4 Å². The summed E-state index contributed by atoms with van der Waals surface area (Å²) in [6.45, 7) is 0. The van der Waals surface area contributed by atoms with Crippen LogP contribution in [0.3, 0.4) is 0 Å². The van der Waals surface area contributed by atoms with Gasteiger partial charge in [0.1, 0.15) is 0 Å². The van der Waals surface area contributed by atoms with Crippen molar-refractivity contribution in [3.05, 3.63) is 64.2 Å². The van der Waals surface area contributed by atoms with Crippen LogP contribution in [0.15, 0.2) is 36.4 Å². The van der Waals surface area contributed by atoms with Gasteiger partial charge in [-0.25, -0.2) is 13.6 Å². The summed E-state index contributed by atoms with van der Waals surface area (Å²) < 4.78 is 25.8. The van der Waals surface area contributed by atoms with E-state index in [4.69, 9.17) is 16.7 Å². The fourth-order valence-corrected chi connectivity index (χ4v) is 1.87. The Bertz CT molecular complexity index is 734. The summed E-state index contributed by atoms with van der Waals surface area (Å²) in [7, 11) is 0. The highest BCUT2D eigenvalue weighted by atomic mass is 35.5. The molecule has 0 radical (unpaired) electrons. The maximum atomic E-state index is 13.0. The Balaban J connectivity index is 2.21. The number of amides is 1. The molecule has 0 aliphatic rings. The number of carbonyl (C=O) groups excluding carboxylic acids is 1. The molecule has 2 rings (SSSR count). The second-order valence-corrected chi connectivity index (χ2v) is 4.49. The van der Waals surface area contributed by atoms with E-state index >= 15 is 0 Å². The zero-order valence-corrected chi connectivity index (χ0v) is 11.1. The van der Waals surface area contributed by atoms with Crippen LogP contribution >= 0.6 is 11.6 Å². The molecule has 2 aromatic rings. The molecule has 2 N–H and O–H groups in total. The SMILES string of the molecule is O=C(Nc1ccc(C(=O)O)c(Cl)c1)c1ccc(F)c(F)c1. The van der Waals surface area contributed by atoms with Gasteiger partial charge in [-0.15, -0.1) is 0 Å². The predicted molar refractivity (Wildman–Crippen MR) is 72.7 cm³/mol. The quantitative estimate of drug-likeness (QED) is 0.910. The van der Waals surface area contributed by atoms with Crippen LogP contribution in [0.4, 0.5) is 14.5 Å². The fraction of sp³-hybridized carbons (Fsp3) is 0. The molecule has 21 heavy (non-hydrogen) atoms. The number of carboxylic acid groups (broad SMARTS) is 1. The van der Waals surface area contributed by atoms with E-state index in [0.29, 0.717) is 0 Å². The summed E-state index contributed by atoms with van der Waals surface area (Å²) in [5.74, 6) is -4.06. The Morgan fingerprint density at radius 2 is 1.76 bits per heavy atom. The van der Waals surface area contributed by atoms with Crippen molar-refractivity contribution in [2.45, 2.75) is 0 Å². The maximum Gasteiger partial charge on any atom is 0.337 e. The number of anilines is 1. The van der Waals surface area contributed by atoms with Gasteiger partial charge >= 0.3 is 5.97 Å². The molecule has 0 saturated heterocycles. The predicted octanol–water partition coefficient (Wildman–Crippen LogP) is 3.57. The summed E-state index contributed by atoms with van der Waals surface area (Å²) in [5, 5.41) is 11.2. The van der Waals surface area contributed by atoms with Gasteiger partial charge in [0.25, 0.3) is 5.91 Å². The minimum absolute atomic E-state index is 0.0504. The van der Waals surface area contributed by atoms with Crippen LogP contribution in [0.5, 0.6) is 0 Å². The van der Waals surface area contributed by atoms with Crippen LogP contribution in [0.1, 0.15) is 20.7 Å². The molecule has 108 valence electrons. The molecule has 7 heteroatoms. The van der Waals surface area contributed by atoms with Gasteiger partial charge in [0.05, 0.1) is 10.6 Å². The van der Waals surface area contributed by atoms with Crippen molar-refractivity contribution < 1.29 is 23.5 Å². The molecule has 0 heterocycles. The monoisotopic (exact) mass is 311 g/mol. The Labute approximate surface area is 123 Å². The minimum Gasteiger partial charge on any atom is -0.478 e. The van der Waals surface area contributed by atoms with Crippen LogP contribution < -0.4 is 5.32 Å². The van der Waals surface area contributed by atoms with Crippen molar-refractivity contribution in [3.8, 4) is 0 Å². The zero-order valence-electron chi connectivity index (χ0n) is 10.4. The Hall–Kier alpha value is -2.47. The highest BCUT2D eigenvalue weighted by Gasteiger charge is 2.12. The molecule has 0 aromatic heterocycles. The van der Waals surface area contributed by atoms with Gasteiger partial charge in [-0.2, -0.15) is 0 Å². The van der Waals surface area contributed by atoms with Crippen LogP contribution in [0.25, 0.3) is 0 Å². The summed E-state index contributed by atoms with van der Waals surface area (Å²) in [6.07, 6.45) is 0. The van der Waals surface area contributed by atoms with Crippen LogP contribution in [-0.4, -0.2) is 17.0 Å². The number of hydrogen-bond acceptors (Lipinski definition) is 2. The normalized spacial score (nSPS) is 10.2. The third-order valence-corrected chi connectivity index (χ3v) is 2.95. The topological polar surface area (TPSA) is 66.4 Å². The van der Waals surface area contributed by atoms with E-state index in [0.717, 1.165) is 18.2 Å². The van der Waals surface area contributed by atoms with Crippen molar-refractivity contribution in [3.63, 3.8) is 0 Å². The summed E-state index contributed by atoms with van der Waals surface area (Å²) in [5.41, 5.74) is 0.0505. The minimum atomic E-state index is -1.20. The second-order valence-electron chi connectivity index (χ2n) is 4.08. The summed E-state index contributed by atoms with van der Waals surface area (Å²) in [6, 6.07) is 6.55. The van der Waals surface area contributed by atoms with E-state index in [1.54, 1.807) is 0 Å². The molecule has 0 aliphatic carbocycles. The van der Waals surface area contributed by atoms with E-state index in [2.05, 4.69) is 5.32 Å². The first-order chi connectivity index (χ1) is 9.88. The molecule has 2 aromatic carbocycles. The molecule has 0 unspecified atom stereocenters. The third kappa shape index (κ3) is 3.35. The Morgan fingerprint density at radius 1 is 1.05 bits per heavy atom. The van der Waals surface area contributed by atoms with Gasteiger partial charge in [-0.05, 0) is 36.4 Å². The van der Waals surface area contributed by atoms with Crippen LogP contribution in [0.2, 0.25) is 5.02 Å². The van der Waals surface area contributed by atoms with Gasteiger partial charge in [0.15, 0.2) is 11.6 Å². The smallest absolute Gasteiger partial charge is 0.337 e. The average Bonchev–Trinajstić information content (AvgIpc) is 2.41. The van der Waals surface area contributed by atoms with E-state index in [1.165, 1.54) is 18.2 Å². The molecular weight excluding hydrogens is 304 g/mol. The lowest BCUT2D eigenvalue weighted by atomic mass is 10.1. The number of halogens is 3. The largest absolute Gasteiger partial charge is 0.478 e. The molecular formula is C14H8ClF2NO3. The van der Waals surface area contributed by atoms with Gasteiger partial charge in [-0.3, -0.25) is 4.79 Å². The molecule has 1 amide bonds. The molecule has 0 bridgehead atoms. The van der Waals surface area contributed by atoms with E-state index in [-0.39, 0.29) is 21.8 Å². The number of rotatable bonds is 3. The fourth-order valence-electron chi connectivity index (χ4n) is 1.61. The lowest BCUT2D eigenvalue weighted by Gasteiger charge is -2.07. The highest BCUT2D eigenvalue weighted by molar-refractivity contribution is 6.33. The van der Waals surface area contributed by atoms with E-state index in [1.807, 2.05) is 0 Å². The standard InChI is InChI=1S/C14H8ClF2NO3/c15-10-6-8(2-3-9(10)14(20)21)18-13(19)7-1-4-11(16)12(17)5-7/h1-6H,(H,18,19)(H,20,21). The first kappa shape index (κ1) is 14.9. The van der Waals surface area contributed by atoms with Gasteiger partial charge in [0, 0.05) is 11.3 Å². The second kappa shape index (κ2) is 5.88. The molecule has 0 atom stereocenters. The number of carboxylic acids is 1. The summed E-state index contributed by atoms with van der Waals surface area (Å²) >= 11 is 5.76. The Morgan fingerprint density at radius 3 is 2.33 bits per heavy atom. The van der Waals surface area contributed by atoms with Crippen molar-refractivity contribution in [2.75, 3.05) is 5.32 Å². The van der Waals surface area contributed by atoms with Gasteiger partial charge < -0.3 is 10.4 Å². The Kier molecular flexibility index (Phi) is 4.18. The zero-order chi connectivity index (χ0) is 15.6. The number of hydrogen-bond donors (Lipinski definition) is 2. The number of aromatic carboxylic acids is 1. The highest BCUT2D eigenvalue weighted by Crippen LogP contribution is 2.21. The van der Waals surface area contributed by atoms with Gasteiger partial charge in [0.2, 0.25) is 0 Å². The first-order valence-corrected chi connectivity index (χ1v) is 6.05. The molecule has 4 nitrogen and oxygen atoms in total. The number of carbonyl (C=O) groups is 2. The number of nitrogens with one attached hydrogen (secondary N) is 1. The lowest BCUT2D eigenvalue weighted by Crippen LogP contribution is -2.12. The van der Waals surface area contributed by atoms with Crippen molar-refractivity contribution in [2.24, 2.45) is 0 Å². The summed E-state index contributed by atoms with van der Waals surface area (Å²) in [4.78, 5) is 22.6. The average molecular weight is 312 g/mol. The first-order valence-electron chi connectivity index (χ1n) is 5.67. The molecule has 0 saturated carbocycles. The number of benzene rings is 2. The van der Waals surface area contributed by atoms with Crippen LogP contribution in [0, 0.1) is 11.6 Å². The van der Waals surface area contributed by atoms with E-state index < -0.39 is 23.5 Å². The lowest BCUT2D eigenvalue weighted by molar-refractivity contribution is 0.0697. The third-order valence-electron chi connectivity index (χ3n) is 2.64. The van der Waals surface area contributed by atoms with Crippen molar-refractivity contribution in [1.29, 1.82) is 0 Å². The molecule has 0 spiro atoms. The molecule has 0 aliphatic heterocycles. The maximum absolute atomic E-state index is 13.0. The van der Waals surface area contributed by atoms with Crippen molar-refractivity contribution >= 4 is 29.2 Å². The van der Waals surface area contributed by atoms with Crippen LogP contribution in [-0.2, 0) is 0 Å². The molecule has 0 fully saturated rings. The van der Waals surface area contributed by atoms with Gasteiger partial charge in [-0.1, -0.05) is 11.6 Å². The van der Waals surface area contributed by atoms with Crippen molar-refractivity contribution in [1.82, 2.24) is 0 Å².